The summed E-state index contributed by atoms with van der Waals surface area (Å²) >= 11 is 0. The molecule has 0 amide bonds. The molecule has 0 saturated carbocycles. The van der Waals surface area contributed by atoms with E-state index in [1.165, 1.54) is 5.56 Å². The van der Waals surface area contributed by atoms with E-state index in [4.69, 9.17) is 0 Å². The molecular weight excluding hydrogens is 174 g/mol. The Bertz CT molecular complexity index is 316. The lowest BCUT2D eigenvalue weighted by Crippen LogP contribution is -2.44. The van der Waals surface area contributed by atoms with E-state index in [9.17, 15) is 0 Å². The summed E-state index contributed by atoms with van der Waals surface area (Å²) in [5.41, 5.74) is 2.38. The Balaban J connectivity index is 2.24. The highest BCUT2D eigenvalue weighted by Gasteiger charge is 2.13. The Labute approximate surface area is 85.1 Å². The summed E-state index contributed by atoms with van der Waals surface area (Å²) in [6.07, 6.45) is 0. The van der Waals surface area contributed by atoms with Crippen LogP contribution in [0, 0.1) is 13.8 Å². The van der Waals surface area contributed by atoms with Crippen LogP contribution in [0.3, 0.4) is 0 Å². The molecule has 0 aliphatic carbocycles. The van der Waals surface area contributed by atoms with E-state index in [1.807, 2.05) is 6.92 Å². The van der Waals surface area contributed by atoms with E-state index in [-0.39, 0.29) is 0 Å². The Morgan fingerprint density at radius 2 is 1.93 bits per heavy atom. The number of piperazine rings is 1. The van der Waals surface area contributed by atoms with Crippen LogP contribution >= 0.6 is 0 Å². The van der Waals surface area contributed by atoms with Crippen molar-refractivity contribution in [1.29, 1.82) is 0 Å². The van der Waals surface area contributed by atoms with Gasteiger partial charge in [-0.2, -0.15) is 0 Å². The lowest BCUT2D eigenvalue weighted by Gasteiger charge is -2.29. The van der Waals surface area contributed by atoms with Gasteiger partial charge in [0.15, 0.2) is 0 Å². The van der Waals surface area contributed by atoms with Crippen molar-refractivity contribution in [3.05, 3.63) is 23.4 Å². The molecule has 2 rings (SSSR count). The van der Waals surface area contributed by atoms with Crippen molar-refractivity contribution in [3.63, 3.8) is 0 Å². The maximum absolute atomic E-state index is 4.59. The number of anilines is 1. The first-order valence-electron chi connectivity index (χ1n) is 5.17. The summed E-state index contributed by atoms with van der Waals surface area (Å²) < 4.78 is 0. The number of aromatic nitrogens is 1. The predicted octanol–water partition coefficient (Wildman–Crippen LogP) is 1.11. The van der Waals surface area contributed by atoms with E-state index < -0.39 is 0 Å². The monoisotopic (exact) mass is 191 g/mol. The molecule has 0 spiro atoms. The van der Waals surface area contributed by atoms with Crippen molar-refractivity contribution in [2.45, 2.75) is 13.8 Å². The smallest absolute Gasteiger partial charge is 0.131 e. The molecule has 1 aliphatic heterocycles. The van der Waals surface area contributed by atoms with Gasteiger partial charge >= 0.3 is 0 Å². The van der Waals surface area contributed by atoms with Crippen LogP contribution in [0.4, 0.5) is 5.82 Å². The number of nitrogens with one attached hydrogen (secondary N) is 1. The van der Waals surface area contributed by atoms with Gasteiger partial charge in [0.25, 0.3) is 0 Å². The van der Waals surface area contributed by atoms with Gasteiger partial charge in [0, 0.05) is 31.9 Å². The van der Waals surface area contributed by atoms with E-state index >= 15 is 0 Å². The molecule has 1 saturated heterocycles. The minimum atomic E-state index is 1.06. The number of pyridine rings is 1. The van der Waals surface area contributed by atoms with Crippen LogP contribution in [0.15, 0.2) is 12.1 Å². The molecule has 76 valence electrons. The topological polar surface area (TPSA) is 28.2 Å². The first-order valence-corrected chi connectivity index (χ1v) is 5.17. The SMILES string of the molecule is Cc1ccc(C)c(N2CCNCC2)n1. The fraction of sp³-hybridized carbons (Fsp3) is 0.545. The second kappa shape index (κ2) is 3.96. The molecule has 1 fully saturated rings. The number of aryl methyl sites for hydroxylation is 2. The lowest BCUT2D eigenvalue weighted by atomic mass is 10.2. The standard InChI is InChI=1S/C11H17N3/c1-9-3-4-10(2)13-11(9)14-7-5-12-6-8-14/h3-4,12H,5-8H2,1-2H3. The van der Waals surface area contributed by atoms with E-state index in [1.54, 1.807) is 0 Å². The Morgan fingerprint density at radius 1 is 1.21 bits per heavy atom. The molecule has 0 aromatic carbocycles. The summed E-state index contributed by atoms with van der Waals surface area (Å²) in [5.74, 6) is 1.16. The molecular formula is C11H17N3. The van der Waals surface area contributed by atoms with Crippen molar-refractivity contribution in [1.82, 2.24) is 10.3 Å². The van der Waals surface area contributed by atoms with Crippen molar-refractivity contribution in [2.75, 3.05) is 31.1 Å². The van der Waals surface area contributed by atoms with E-state index in [2.05, 4.69) is 34.3 Å². The zero-order valence-corrected chi connectivity index (χ0v) is 8.88. The van der Waals surface area contributed by atoms with E-state index in [0.717, 1.165) is 37.7 Å². The predicted molar refractivity (Wildman–Crippen MR) is 58.8 cm³/mol. The normalized spacial score (nSPS) is 17.1. The molecule has 1 aromatic rings. The van der Waals surface area contributed by atoms with Gasteiger partial charge in [-0.3, -0.25) is 0 Å². The van der Waals surface area contributed by atoms with E-state index in [0.29, 0.717) is 0 Å². The fourth-order valence-corrected chi connectivity index (χ4v) is 1.81. The van der Waals surface area contributed by atoms with Crippen LogP contribution in [0.25, 0.3) is 0 Å². The Morgan fingerprint density at radius 3 is 2.64 bits per heavy atom. The molecule has 1 aromatic heterocycles. The summed E-state index contributed by atoms with van der Waals surface area (Å²) in [7, 11) is 0. The summed E-state index contributed by atoms with van der Waals surface area (Å²) in [6, 6.07) is 4.22. The third-order valence-electron chi connectivity index (χ3n) is 2.63. The average molecular weight is 191 g/mol. The molecule has 14 heavy (non-hydrogen) atoms. The Kier molecular flexibility index (Phi) is 2.68. The third kappa shape index (κ3) is 1.87. The number of rotatable bonds is 1. The average Bonchev–Trinajstić information content (AvgIpc) is 2.23. The van der Waals surface area contributed by atoms with Gasteiger partial charge in [-0.25, -0.2) is 4.98 Å². The molecule has 2 heterocycles. The number of nitrogens with zero attached hydrogens (tertiary/aromatic N) is 2. The van der Waals surface area contributed by atoms with Crippen LogP contribution in [0.5, 0.6) is 0 Å². The molecule has 1 aliphatic rings. The minimum Gasteiger partial charge on any atom is -0.354 e. The van der Waals surface area contributed by atoms with Crippen LogP contribution in [-0.4, -0.2) is 31.2 Å². The van der Waals surface area contributed by atoms with Gasteiger partial charge in [-0.05, 0) is 25.5 Å². The molecule has 3 nitrogen and oxygen atoms in total. The van der Waals surface area contributed by atoms with Crippen molar-refractivity contribution >= 4 is 5.82 Å². The van der Waals surface area contributed by atoms with Gasteiger partial charge in [0.05, 0.1) is 0 Å². The maximum atomic E-state index is 4.59. The molecule has 0 atom stereocenters. The lowest BCUT2D eigenvalue weighted by molar-refractivity contribution is 0.583. The van der Waals surface area contributed by atoms with Crippen LogP contribution < -0.4 is 10.2 Å². The summed E-state index contributed by atoms with van der Waals surface area (Å²) in [4.78, 5) is 6.95. The first-order chi connectivity index (χ1) is 6.77. The molecule has 3 heteroatoms. The highest BCUT2D eigenvalue weighted by Crippen LogP contribution is 2.17. The van der Waals surface area contributed by atoms with Crippen molar-refractivity contribution in [2.24, 2.45) is 0 Å². The van der Waals surface area contributed by atoms with Crippen LogP contribution in [-0.2, 0) is 0 Å². The molecule has 0 unspecified atom stereocenters. The second-order valence-electron chi connectivity index (χ2n) is 3.83. The Hall–Kier alpha value is -1.09. The summed E-state index contributed by atoms with van der Waals surface area (Å²) in [5, 5.41) is 3.35. The molecule has 0 radical (unpaired) electrons. The molecule has 0 bridgehead atoms. The quantitative estimate of drug-likeness (QED) is 0.720. The highest BCUT2D eigenvalue weighted by molar-refractivity contribution is 5.47. The fourth-order valence-electron chi connectivity index (χ4n) is 1.81. The summed E-state index contributed by atoms with van der Waals surface area (Å²) in [6.45, 7) is 8.44. The molecule has 1 N–H and O–H groups in total. The van der Waals surface area contributed by atoms with Crippen LogP contribution in [0.2, 0.25) is 0 Å². The first kappa shape index (κ1) is 9.46. The number of hydrogen-bond donors (Lipinski definition) is 1. The van der Waals surface area contributed by atoms with Gasteiger partial charge in [0.2, 0.25) is 0 Å². The second-order valence-corrected chi connectivity index (χ2v) is 3.83. The van der Waals surface area contributed by atoms with Crippen molar-refractivity contribution < 1.29 is 0 Å². The number of hydrogen-bond acceptors (Lipinski definition) is 3. The highest BCUT2D eigenvalue weighted by atomic mass is 15.2. The van der Waals surface area contributed by atoms with Gasteiger partial charge in [0.1, 0.15) is 5.82 Å². The van der Waals surface area contributed by atoms with Crippen molar-refractivity contribution in [3.8, 4) is 0 Å². The zero-order chi connectivity index (χ0) is 9.97. The zero-order valence-electron chi connectivity index (χ0n) is 8.88. The minimum absolute atomic E-state index is 1.06. The maximum Gasteiger partial charge on any atom is 0.131 e. The van der Waals surface area contributed by atoms with Gasteiger partial charge in [-0.15, -0.1) is 0 Å². The van der Waals surface area contributed by atoms with Gasteiger partial charge in [-0.1, -0.05) is 6.07 Å². The van der Waals surface area contributed by atoms with Gasteiger partial charge < -0.3 is 10.2 Å². The largest absolute Gasteiger partial charge is 0.354 e. The third-order valence-corrected chi connectivity index (χ3v) is 2.63. The van der Waals surface area contributed by atoms with Crippen LogP contribution in [0.1, 0.15) is 11.3 Å².